The molecular weight excluding hydrogens is 465 g/mol. The van der Waals surface area contributed by atoms with Crippen LogP contribution in [0.2, 0.25) is 10.0 Å². The van der Waals surface area contributed by atoms with Gasteiger partial charge < -0.3 is 19.9 Å². The zero-order chi connectivity index (χ0) is 23.8. The van der Waals surface area contributed by atoms with E-state index in [0.717, 1.165) is 37.0 Å². The Balaban J connectivity index is 1.66. The predicted octanol–water partition coefficient (Wildman–Crippen LogP) is 5.32. The molecule has 0 aliphatic carbocycles. The molecule has 1 aliphatic rings. The molecule has 176 valence electrons. The molecule has 0 radical (unpaired) electrons. The minimum atomic E-state index is -1.15. The van der Waals surface area contributed by atoms with E-state index < -0.39 is 17.9 Å². The Morgan fingerprint density at radius 1 is 1.15 bits per heavy atom. The van der Waals surface area contributed by atoms with Crippen LogP contribution in [0.1, 0.15) is 47.2 Å². The molecule has 1 fully saturated rings. The summed E-state index contributed by atoms with van der Waals surface area (Å²) >= 11 is 12.1. The fourth-order valence-electron chi connectivity index (χ4n) is 3.94. The van der Waals surface area contributed by atoms with Crippen LogP contribution in [-0.2, 0) is 19.9 Å². The van der Waals surface area contributed by atoms with Crippen molar-refractivity contribution in [3.63, 3.8) is 0 Å². The van der Waals surface area contributed by atoms with Crippen LogP contribution in [0.4, 0.5) is 0 Å². The number of carboxylic acids is 1. The zero-order valence-electron chi connectivity index (χ0n) is 18.4. The number of aliphatic carboxylic acids is 1. The first-order chi connectivity index (χ1) is 15.9. The number of halogens is 2. The third kappa shape index (κ3) is 6.36. The second-order valence-corrected chi connectivity index (χ2v) is 8.70. The molecular formula is C25H27Cl2NO5. The summed E-state index contributed by atoms with van der Waals surface area (Å²) < 4.78 is 11.5. The predicted molar refractivity (Wildman–Crippen MR) is 129 cm³/mol. The fourth-order valence-corrected chi connectivity index (χ4v) is 4.51. The topological polar surface area (TPSA) is 84.9 Å². The van der Waals surface area contributed by atoms with Crippen LogP contribution in [0.3, 0.4) is 0 Å². The van der Waals surface area contributed by atoms with Gasteiger partial charge in [0.2, 0.25) is 0 Å². The Hall–Kier alpha value is -2.38. The highest BCUT2D eigenvalue weighted by Crippen LogP contribution is 2.36. The number of methoxy groups -OCH3 is 1. The Morgan fingerprint density at radius 2 is 1.85 bits per heavy atom. The van der Waals surface area contributed by atoms with E-state index in [1.165, 1.54) is 12.1 Å². The lowest BCUT2D eigenvalue weighted by atomic mass is 9.86. The van der Waals surface area contributed by atoms with E-state index in [-0.39, 0.29) is 27.6 Å². The Bertz CT molecular complexity index is 978. The van der Waals surface area contributed by atoms with E-state index in [4.69, 9.17) is 32.7 Å². The molecule has 33 heavy (non-hydrogen) atoms. The third-order valence-corrected chi connectivity index (χ3v) is 6.45. The molecule has 2 aromatic rings. The lowest BCUT2D eigenvalue weighted by molar-refractivity contribution is -0.139. The third-order valence-electron chi connectivity index (χ3n) is 5.82. The fraction of sp³-hybridized carbons (Fsp3) is 0.360. The quantitative estimate of drug-likeness (QED) is 0.521. The van der Waals surface area contributed by atoms with E-state index in [0.29, 0.717) is 6.61 Å². The molecule has 0 aromatic heterocycles. The van der Waals surface area contributed by atoms with Crippen molar-refractivity contribution in [3.05, 3.63) is 75.3 Å². The van der Waals surface area contributed by atoms with Gasteiger partial charge in [0.05, 0.1) is 21.2 Å². The highest BCUT2D eigenvalue weighted by molar-refractivity contribution is 6.39. The highest BCUT2D eigenvalue weighted by Gasteiger charge is 2.33. The number of amides is 1. The van der Waals surface area contributed by atoms with Crippen LogP contribution in [0.5, 0.6) is 0 Å². The number of benzene rings is 2. The van der Waals surface area contributed by atoms with E-state index in [1.807, 2.05) is 30.3 Å². The summed E-state index contributed by atoms with van der Waals surface area (Å²) in [5.74, 6) is -1.78. The summed E-state index contributed by atoms with van der Waals surface area (Å²) in [6.07, 6.45) is 6.28. The number of carboxylic acid groups (broad SMARTS) is 1. The number of rotatable bonds is 8. The van der Waals surface area contributed by atoms with Gasteiger partial charge in [0.15, 0.2) is 0 Å². The smallest absolute Gasteiger partial charge is 0.326 e. The van der Waals surface area contributed by atoms with Gasteiger partial charge in [0.1, 0.15) is 6.04 Å². The van der Waals surface area contributed by atoms with Crippen LogP contribution in [0, 0.1) is 0 Å². The normalized spacial score (nSPS) is 19.7. The summed E-state index contributed by atoms with van der Waals surface area (Å²) in [5.41, 5.74) is 1.72. The molecule has 2 atom stereocenters. The van der Waals surface area contributed by atoms with Gasteiger partial charge in [-0.05, 0) is 42.5 Å². The molecule has 0 saturated carbocycles. The minimum absolute atomic E-state index is 0.0580. The maximum absolute atomic E-state index is 12.5. The van der Waals surface area contributed by atoms with Crippen molar-refractivity contribution in [2.45, 2.75) is 37.3 Å². The zero-order valence-corrected chi connectivity index (χ0v) is 19.9. The number of carbonyl (C=O) groups excluding carboxylic acids is 1. The summed E-state index contributed by atoms with van der Waals surface area (Å²) in [4.78, 5) is 24.2. The molecule has 1 aliphatic heterocycles. The second kappa shape index (κ2) is 11.7. The molecule has 2 unspecified atom stereocenters. The van der Waals surface area contributed by atoms with Gasteiger partial charge in [-0.1, -0.05) is 65.7 Å². The van der Waals surface area contributed by atoms with E-state index in [9.17, 15) is 14.7 Å². The molecule has 3 rings (SSSR count). The summed E-state index contributed by atoms with van der Waals surface area (Å²) in [7, 11) is 1.73. The average molecular weight is 492 g/mol. The van der Waals surface area contributed by atoms with Crippen molar-refractivity contribution in [1.82, 2.24) is 5.32 Å². The van der Waals surface area contributed by atoms with Gasteiger partial charge in [-0.25, -0.2) is 4.79 Å². The van der Waals surface area contributed by atoms with Gasteiger partial charge in [-0.3, -0.25) is 4.79 Å². The van der Waals surface area contributed by atoms with Gasteiger partial charge in [-0.2, -0.15) is 0 Å². The molecule has 2 N–H and O–H groups in total. The lowest BCUT2D eigenvalue weighted by Gasteiger charge is -2.31. The van der Waals surface area contributed by atoms with Crippen molar-refractivity contribution in [2.24, 2.45) is 0 Å². The molecule has 1 heterocycles. The van der Waals surface area contributed by atoms with Gasteiger partial charge in [0.25, 0.3) is 5.91 Å². The molecule has 0 spiro atoms. The van der Waals surface area contributed by atoms with E-state index >= 15 is 0 Å². The monoisotopic (exact) mass is 491 g/mol. The molecule has 1 amide bonds. The number of hydrogen-bond acceptors (Lipinski definition) is 4. The van der Waals surface area contributed by atoms with Crippen LogP contribution >= 0.6 is 23.2 Å². The van der Waals surface area contributed by atoms with Gasteiger partial charge >= 0.3 is 5.97 Å². The van der Waals surface area contributed by atoms with Crippen LogP contribution in [-0.4, -0.2) is 43.3 Å². The van der Waals surface area contributed by atoms with E-state index in [2.05, 4.69) is 5.32 Å². The largest absolute Gasteiger partial charge is 0.480 e. The van der Waals surface area contributed by atoms with Crippen LogP contribution in [0.15, 0.2) is 48.5 Å². The number of carbonyl (C=O) groups is 2. The average Bonchev–Trinajstić information content (AvgIpc) is 3.05. The maximum Gasteiger partial charge on any atom is 0.326 e. The summed E-state index contributed by atoms with van der Waals surface area (Å²) in [6, 6.07) is 11.5. The molecule has 0 bridgehead atoms. The lowest BCUT2D eigenvalue weighted by Crippen LogP contribution is -2.40. The van der Waals surface area contributed by atoms with E-state index in [1.54, 1.807) is 19.3 Å². The Morgan fingerprint density at radius 3 is 2.48 bits per heavy atom. The molecule has 1 saturated heterocycles. The van der Waals surface area contributed by atoms with Crippen molar-refractivity contribution in [3.8, 4) is 0 Å². The number of nitrogens with one attached hydrogen (secondary N) is 1. The SMILES string of the molecule is COC1(c2ccc(/C=C/CC(NC(=O)c3c(Cl)cccc3Cl)C(=O)O)cc2)CCCOCC1. The van der Waals surface area contributed by atoms with Gasteiger partial charge in [0, 0.05) is 26.7 Å². The highest BCUT2D eigenvalue weighted by atomic mass is 35.5. The first-order valence-corrected chi connectivity index (χ1v) is 11.5. The molecule has 8 heteroatoms. The summed E-state index contributed by atoms with van der Waals surface area (Å²) in [5, 5.41) is 12.3. The van der Waals surface area contributed by atoms with Crippen molar-refractivity contribution < 1.29 is 24.2 Å². The van der Waals surface area contributed by atoms with Crippen molar-refractivity contribution in [1.29, 1.82) is 0 Å². The number of hydrogen-bond donors (Lipinski definition) is 2. The summed E-state index contributed by atoms with van der Waals surface area (Å²) in [6.45, 7) is 1.41. The van der Waals surface area contributed by atoms with Crippen LogP contribution in [0.25, 0.3) is 6.08 Å². The first kappa shape index (κ1) is 25.2. The van der Waals surface area contributed by atoms with Crippen molar-refractivity contribution in [2.75, 3.05) is 20.3 Å². The van der Waals surface area contributed by atoms with Crippen molar-refractivity contribution >= 4 is 41.2 Å². The minimum Gasteiger partial charge on any atom is -0.480 e. The Labute approximate surface area is 203 Å². The maximum atomic E-state index is 12.5. The second-order valence-electron chi connectivity index (χ2n) is 7.89. The standard InChI is InChI=1S/C25H27Cl2NO5/c1-32-25(13-4-15-33-16-14-25)18-11-9-17(10-12-18)5-2-8-21(24(30)31)28-23(29)22-19(26)6-3-7-20(22)27/h2-3,5-7,9-12,21H,4,8,13-16H2,1H3,(H,28,29)(H,30,31)/b5-2+. The molecule has 6 nitrogen and oxygen atoms in total. The molecule has 2 aromatic carbocycles. The van der Waals surface area contributed by atoms with Crippen LogP contribution < -0.4 is 5.32 Å². The first-order valence-electron chi connectivity index (χ1n) is 10.7. The van der Waals surface area contributed by atoms with Gasteiger partial charge in [-0.15, -0.1) is 0 Å². The Kier molecular flexibility index (Phi) is 8.92. The number of ether oxygens (including phenoxy) is 2.